The van der Waals surface area contributed by atoms with Crippen molar-refractivity contribution < 1.29 is 13.6 Å². The smallest absolute Gasteiger partial charge is 0.266 e. The number of hydrogen-bond donors (Lipinski definition) is 1. The van der Waals surface area contributed by atoms with Crippen LogP contribution in [0.1, 0.15) is 5.56 Å². The second kappa shape index (κ2) is 6.71. The molecule has 0 atom stereocenters. The fraction of sp³-hybridized carbons (Fsp3) is 0.200. The Morgan fingerprint density at radius 1 is 1.28 bits per heavy atom. The molecular weight excluding hydrogens is 400 g/mol. The highest BCUT2D eigenvalue weighted by Crippen LogP contribution is 2.16. The van der Waals surface area contributed by atoms with Crippen LogP contribution in [-0.2, 0) is 24.9 Å². The van der Waals surface area contributed by atoms with Crippen LogP contribution >= 0.6 is 15.9 Å². The molecule has 0 aliphatic heterocycles. The third kappa shape index (κ3) is 3.58. The Bertz CT molecular complexity index is 1010. The minimum absolute atomic E-state index is 0.0610. The summed E-state index contributed by atoms with van der Waals surface area (Å²) in [6.07, 6.45) is 1.25. The molecule has 1 N–H and O–H groups in total. The van der Waals surface area contributed by atoms with Gasteiger partial charge in [0.1, 0.15) is 34.5 Å². The summed E-state index contributed by atoms with van der Waals surface area (Å²) in [6.45, 7) is -0.338. The minimum Gasteiger partial charge on any atom is -0.350 e. The average Bonchev–Trinajstić information content (AvgIpc) is 2.82. The van der Waals surface area contributed by atoms with Crippen molar-refractivity contribution in [3.8, 4) is 0 Å². The van der Waals surface area contributed by atoms with E-state index in [1.54, 1.807) is 7.05 Å². The third-order valence-electron chi connectivity index (χ3n) is 3.49. The predicted octanol–water partition coefficient (Wildman–Crippen LogP) is 1.49. The van der Waals surface area contributed by atoms with Gasteiger partial charge in [0.25, 0.3) is 5.56 Å². The number of nitrogens with one attached hydrogen (secondary N) is 1. The Hall–Kier alpha value is -2.62. The van der Waals surface area contributed by atoms with Gasteiger partial charge in [-0.05, 0) is 33.6 Å². The topological polar surface area (TPSA) is 81.8 Å². The summed E-state index contributed by atoms with van der Waals surface area (Å²) < 4.78 is 29.2. The number of rotatable bonds is 4. The molecule has 2 heterocycles. The van der Waals surface area contributed by atoms with Crippen molar-refractivity contribution in [1.82, 2.24) is 24.6 Å². The molecule has 0 aliphatic rings. The van der Waals surface area contributed by atoms with E-state index in [0.29, 0.717) is 10.3 Å². The van der Waals surface area contributed by atoms with Crippen molar-refractivity contribution in [2.75, 3.05) is 0 Å². The molecule has 0 fully saturated rings. The van der Waals surface area contributed by atoms with E-state index in [9.17, 15) is 18.4 Å². The van der Waals surface area contributed by atoms with Crippen molar-refractivity contribution >= 4 is 32.9 Å². The van der Waals surface area contributed by atoms with Gasteiger partial charge in [-0.25, -0.2) is 18.4 Å². The summed E-state index contributed by atoms with van der Waals surface area (Å²) in [7, 11) is 1.65. The molecule has 0 spiro atoms. The highest BCUT2D eigenvalue weighted by atomic mass is 79.9. The quantitative estimate of drug-likeness (QED) is 0.704. The number of carbonyl (C=O) groups excluding carboxylic acids is 1. The van der Waals surface area contributed by atoms with Crippen molar-refractivity contribution in [3.63, 3.8) is 0 Å². The number of carbonyl (C=O) groups is 1. The lowest BCUT2D eigenvalue weighted by Gasteiger charge is -2.08. The SMILES string of the molecule is Cn1nc(Br)c2c(=O)n(CC(=O)NCc3cc(F)cc(F)c3)cnc21. The molecule has 10 heteroatoms. The second-order valence-corrected chi connectivity index (χ2v) is 6.10. The number of benzene rings is 1. The van der Waals surface area contributed by atoms with Gasteiger partial charge >= 0.3 is 0 Å². The number of fused-ring (bicyclic) bond motifs is 1. The van der Waals surface area contributed by atoms with Crippen molar-refractivity contribution in [3.05, 3.63) is 56.7 Å². The molecule has 1 aromatic carbocycles. The molecule has 7 nitrogen and oxygen atoms in total. The number of hydrogen-bond acceptors (Lipinski definition) is 4. The van der Waals surface area contributed by atoms with E-state index in [0.717, 1.165) is 22.8 Å². The van der Waals surface area contributed by atoms with Crippen LogP contribution in [0.4, 0.5) is 8.78 Å². The molecule has 1 amide bonds. The van der Waals surface area contributed by atoms with E-state index in [4.69, 9.17) is 0 Å². The molecule has 0 saturated heterocycles. The first-order valence-electron chi connectivity index (χ1n) is 7.14. The molecule has 3 aromatic rings. The van der Waals surface area contributed by atoms with Crippen molar-refractivity contribution in [2.24, 2.45) is 7.05 Å². The van der Waals surface area contributed by atoms with Gasteiger partial charge < -0.3 is 5.32 Å². The van der Waals surface area contributed by atoms with Gasteiger partial charge in [-0.1, -0.05) is 0 Å². The van der Waals surface area contributed by atoms with E-state index in [1.807, 2.05) is 0 Å². The number of aromatic nitrogens is 4. The highest BCUT2D eigenvalue weighted by Gasteiger charge is 2.15. The Balaban J connectivity index is 1.75. The van der Waals surface area contributed by atoms with Gasteiger partial charge in [-0.2, -0.15) is 5.10 Å². The van der Waals surface area contributed by atoms with Gasteiger partial charge in [0.15, 0.2) is 5.65 Å². The lowest BCUT2D eigenvalue weighted by Crippen LogP contribution is -2.32. The minimum atomic E-state index is -0.725. The van der Waals surface area contributed by atoms with Crippen molar-refractivity contribution in [1.29, 1.82) is 0 Å². The van der Waals surface area contributed by atoms with Gasteiger partial charge in [0.2, 0.25) is 5.91 Å². The zero-order valence-electron chi connectivity index (χ0n) is 13.0. The van der Waals surface area contributed by atoms with E-state index in [-0.39, 0.29) is 24.0 Å². The summed E-state index contributed by atoms with van der Waals surface area (Å²) in [5, 5.41) is 6.82. The van der Waals surface area contributed by atoms with Crippen LogP contribution in [0, 0.1) is 11.6 Å². The second-order valence-electron chi connectivity index (χ2n) is 5.35. The van der Waals surface area contributed by atoms with Gasteiger partial charge in [-0.3, -0.25) is 14.2 Å². The van der Waals surface area contributed by atoms with Gasteiger partial charge in [-0.15, -0.1) is 0 Å². The van der Waals surface area contributed by atoms with Crippen LogP contribution in [0.3, 0.4) is 0 Å². The van der Waals surface area contributed by atoms with Gasteiger partial charge in [0.05, 0.1) is 0 Å². The Morgan fingerprint density at radius 3 is 2.64 bits per heavy atom. The maximum atomic E-state index is 13.1. The van der Waals surface area contributed by atoms with Crippen LogP contribution in [0.15, 0.2) is 33.9 Å². The summed E-state index contributed by atoms with van der Waals surface area (Å²) in [4.78, 5) is 28.5. The lowest BCUT2D eigenvalue weighted by molar-refractivity contribution is -0.121. The molecule has 0 saturated carbocycles. The van der Waals surface area contributed by atoms with Crippen molar-refractivity contribution in [2.45, 2.75) is 13.1 Å². The molecule has 0 aliphatic carbocycles. The normalized spacial score (nSPS) is 11.0. The molecule has 0 unspecified atom stereocenters. The maximum Gasteiger partial charge on any atom is 0.266 e. The van der Waals surface area contributed by atoms with Crippen LogP contribution in [0.25, 0.3) is 11.0 Å². The first-order chi connectivity index (χ1) is 11.8. The number of aryl methyl sites for hydroxylation is 1. The summed E-state index contributed by atoms with van der Waals surface area (Å²) in [6, 6.07) is 2.99. The Morgan fingerprint density at radius 2 is 1.96 bits per heavy atom. The zero-order chi connectivity index (χ0) is 18.1. The maximum absolute atomic E-state index is 13.1. The summed E-state index contributed by atoms with van der Waals surface area (Å²) in [5.41, 5.74) is 0.252. The number of nitrogens with zero attached hydrogens (tertiary/aromatic N) is 4. The van der Waals surface area contributed by atoms with E-state index < -0.39 is 23.1 Å². The fourth-order valence-corrected chi connectivity index (χ4v) is 2.96. The van der Waals surface area contributed by atoms with Crippen LogP contribution in [-0.4, -0.2) is 25.2 Å². The molecular formula is C15H12BrF2N5O2. The van der Waals surface area contributed by atoms with E-state index in [1.165, 1.54) is 11.0 Å². The molecule has 3 rings (SSSR count). The van der Waals surface area contributed by atoms with Crippen LogP contribution < -0.4 is 10.9 Å². The molecule has 130 valence electrons. The monoisotopic (exact) mass is 411 g/mol. The third-order valence-corrected chi connectivity index (χ3v) is 4.05. The molecule has 2 aromatic heterocycles. The van der Waals surface area contributed by atoms with E-state index in [2.05, 4.69) is 31.3 Å². The number of amides is 1. The van der Waals surface area contributed by atoms with E-state index >= 15 is 0 Å². The molecule has 0 radical (unpaired) electrons. The molecule has 0 bridgehead atoms. The highest BCUT2D eigenvalue weighted by molar-refractivity contribution is 9.10. The zero-order valence-corrected chi connectivity index (χ0v) is 14.5. The first kappa shape index (κ1) is 17.2. The largest absolute Gasteiger partial charge is 0.350 e. The Kier molecular flexibility index (Phi) is 4.62. The average molecular weight is 412 g/mol. The Labute approximate surface area is 148 Å². The predicted molar refractivity (Wildman–Crippen MR) is 88.7 cm³/mol. The van der Waals surface area contributed by atoms with Crippen LogP contribution in [0.5, 0.6) is 0 Å². The standard InChI is InChI=1S/C15H12BrF2N5O2/c1-22-14-12(13(16)21-22)15(25)23(7-20-14)6-11(24)19-5-8-2-9(17)4-10(18)3-8/h2-4,7H,5-6H2,1H3,(H,19,24). The first-order valence-corrected chi connectivity index (χ1v) is 7.94. The van der Waals surface area contributed by atoms with Gasteiger partial charge in [0, 0.05) is 19.7 Å². The number of halogens is 3. The molecule has 25 heavy (non-hydrogen) atoms. The van der Waals surface area contributed by atoms with Crippen LogP contribution in [0.2, 0.25) is 0 Å². The fourth-order valence-electron chi connectivity index (χ4n) is 2.37. The lowest BCUT2D eigenvalue weighted by atomic mass is 10.2. The summed E-state index contributed by atoms with van der Waals surface area (Å²) >= 11 is 3.19. The summed E-state index contributed by atoms with van der Waals surface area (Å²) in [5.74, 6) is -1.94.